The largest absolute Gasteiger partial charge is 0.468 e. The maximum atomic E-state index is 13.3. The first-order valence-corrected chi connectivity index (χ1v) is 6.47. The number of sulfone groups is 1. The van der Waals surface area contributed by atoms with Gasteiger partial charge in [-0.15, -0.1) is 0 Å². The molecule has 0 amide bonds. The molecule has 0 aliphatic rings. The summed E-state index contributed by atoms with van der Waals surface area (Å²) in [7, 11) is -2.65. The number of esters is 1. The number of methoxy groups -OCH3 is 1. The SMILES string of the molecule is COC(=O)CS(=O)(=O)Cc1ccc(N)cc1F. The number of benzene rings is 1. The summed E-state index contributed by atoms with van der Waals surface area (Å²) in [5.41, 5.74) is 5.51. The molecule has 0 bridgehead atoms. The highest BCUT2D eigenvalue weighted by Crippen LogP contribution is 2.15. The van der Waals surface area contributed by atoms with Crippen LogP contribution < -0.4 is 5.73 Å². The van der Waals surface area contributed by atoms with E-state index in [1.54, 1.807) is 0 Å². The Balaban J connectivity index is 2.87. The van der Waals surface area contributed by atoms with Crippen LogP contribution >= 0.6 is 0 Å². The lowest BCUT2D eigenvalue weighted by Crippen LogP contribution is -2.19. The summed E-state index contributed by atoms with van der Waals surface area (Å²) in [5.74, 6) is -2.92. The van der Waals surface area contributed by atoms with Crippen molar-refractivity contribution in [2.45, 2.75) is 5.75 Å². The molecule has 2 N–H and O–H groups in total. The van der Waals surface area contributed by atoms with Crippen LogP contribution in [0.2, 0.25) is 0 Å². The number of rotatable bonds is 4. The molecule has 0 spiro atoms. The Morgan fingerprint density at radius 1 is 1.47 bits per heavy atom. The quantitative estimate of drug-likeness (QED) is 0.630. The Labute approximate surface area is 98.3 Å². The van der Waals surface area contributed by atoms with Crippen molar-refractivity contribution in [3.05, 3.63) is 29.6 Å². The smallest absolute Gasteiger partial charge is 0.320 e. The van der Waals surface area contributed by atoms with Gasteiger partial charge in [0, 0.05) is 11.3 Å². The van der Waals surface area contributed by atoms with Crippen molar-refractivity contribution >= 4 is 21.5 Å². The Hall–Kier alpha value is -1.63. The number of nitrogen functional groups attached to an aromatic ring is 1. The molecule has 0 atom stereocenters. The van der Waals surface area contributed by atoms with Gasteiger partial charge in [-0.2, -0.15) is 0 Å². The maximum absolute atomic E-state index is 13.3. The van der Waals surface area contributed by atoms with Gasteiger partial charge in [0.15, 0.2) is 9.84 Å². The minimum atomic E-state index is -3.74. The fourth-order valence-corrected chi connectivity index (χ4v) is 2.49. The first-order valence-electron chi connectivity index (χ1n) is 4.65. The van der Waals surface area contributed by atoms with Gasteiger partial charge in [0.2, 0.25) is 0 Å². The summed E-state index contributed by atoms with van der Waals surface area (Å²) in [6, 6.07) is 3.70. The van der Waals surface area contributed by atoms with Gasteiger partial charge in [0.05, 0.1) is 12.9 Å². The van der Waals surface area contributed by atoms with Gasteiger partial charge in [-0.05, 0) is 12.1 Å². The van der Waals surface area contributed by atoms with Gasteiger partial charge in [-0.1, -0.05) is 6.07 Å². The molecule has 0 aliphatic heterocycles. The molecule has 0 heterocycles. The van der Waals surface area contributed by atoms with E-state index in [9.17, 15) is 17.6 Å². The fraction of sp³-hybridized carbons (Fsp3) is 0.300. The van der Waals surface area contributed by atoms with E-state index in [0.29, 0.717) is 0 Å². The highest BCUT2D eigenvalue weighted by atomic mass is 32.2. The van der Waals surface area contributed by atoms with Crippen LogP contribution in [0.4, 0.5) is 10.1 Å². The van der Waals surface area contributed by atoms with Gasteiger partial charge in [-0.25, -0.2) is 12.8 Å². The predicted molar refractivity (Wildman–Crippen MR) is 60.3 cm³/mol. The summed E-state index contributed by atoms with van der Waals surface area (Å²) in [6.45, 7) is 0. The standard InChI is InChI=1S/C10H12FNO4S/c1-16-10(13)6-17(14,15)5-7-2-3-8(12)4-9(7)11/h2-4H,5-6,12H2,1H3. The van der Waals surface area contributed by atoms with Gasteiger partial charge in [0.1, 0.15) is 11.6 Å². The van der Waals surface area contributed by atoms with E-state index in [-0.39, 0.29) is 11.3 Å². The molecule has 17 heavy (non-hydrogen) atoms. The van der Waals surface area contributed by atoms with Crippen molar-refractivity contribution in [3.63, 3.8) is 0 Å². The van der Waals surface area contributed by atoms with E-state index < -0.39 is 33.1 Å². The number of anilines is 1. The maximum Gasteiger partial charge on any atom is 0.320 e. The lowest BCUT2D eigenvalue weighted by atomic mass is 10.2. The first kappa shape index (κ1) is 13.4. The number of hydrogen-bond donors (Lipinski definition) is 1. The summed E-state index contributed by atoms with van der Waals surface area (Å²) in [4.78, 5) is 10.8. The second-order valence-corrected chi connectivity index (χ2v) is 5.52. The normalized spacial score (nSPS) is 11.2. The van der Waals surface area contributed by atoms with E-state index >= 15 is 0 Å². The van der Waals surface area contributed by atoms with Crippen molar-refractivity contribution in [1.82, 2.24) is 0 Å². The number of carbonyl (C=O) groups excluding carboxylic acids is 1. The van der Waals surface area contributed by atoms with Crippen LogP contribution in [-0.2, 0) is 25.1 Å². The third-order valence-corrected chi connectivity index (χ3v) is 3.44. The summed E-state index contributed by atoms with van der Waals surface area (Å²) in [6.07, 6.45) is 0. The molecule has 0 unspecified atom stereocenters. The minimum absolute atomic E-state index is 0.0249. The zero-order chi connectivity index (χ0) is 13.1. The van der Waals surface area contributed by atoms with Crippen LogP contribution in [0.1, 0.15) is 5.56 Å². The van der Waals surface area contributed by atoms with Crippen molar-refractivity contribution in [3.8, 4) is 0 Å². The molecule has 94 valence electrons. The number of ether oxygens (including phenoxy) is 1. The van der Waals surface area contributed by atoms with E-state index in [1.165, 1.54) is 12.1 Å². The lowest BCUT2D eigenvalue weighted by molar-refractivity contribution is -0.137. The Bertz CT molecular complexity index is 527. The number of carbonyl (C=O) groups is 1. The van der Waals surface area contributed by atoms with Gasteiger partial charge in [-0.3, -0.25) is 4.79 Å². The summed E-state index contributed by atoms with van der Waals surface area (Å²) >= 11 is 0. The van der Waals surface area contributed by atoms with Crippen molar-refractivity contribution in [1.29, 1.82) is 0 Å². The highest BCUT2D eigenvalue weighted by Gasteiger charge is 2.19. The summed E-state index contributed by atoms with van der Waals surface area (Å²) in [5, 5.41) is 0. The summed E-state index contributed by atoms with van der Waals surface area (Å²) < 4.78 is 40.6. The van der Waals surface area contributed by atoms with Crippen LogP contribution in [0, 0.1) is 5.82 Å². The van der Waals surface area contributed by atoms with E-state index in [0.717, 1.165) is 13.2 Å². The van der Waals surface area contributed by atoms with Crippen LogP contribution in [0.5, 0.6) is 0 Å². The minimum Gasteiger partial charge on any atom is -0.468 e. The molecule has 1 rings (SSSR count). The second-order valence-electron chi connectivity index (χ2n) is 3.46. The van der Waals surface area contributed by atoms with E-state index in [1.807, 2.05) is 0 Å². The van der Waals surface area contributed by atoms with Crippen molar-refractivity contribution in [2.75, 3.05) is 18.6 Å². The van der Waals surface area contributed by atoms with E-state index in [4.69, 9.17) is 5.73 Å². The average Bonchev–Trinajstić information content (AvgIpc) is 2.21. The first-order chi connectivity index (χ1) is 7.84. The Morgan fingerprint density at radius 3 is 2.65 bits per heavy atom. The predicted octanol–water partition coefficient (Wildman–Crippen LogP) is 0.496. The van der Waals surface area contributed by atoms with Crippen LogP contribution in [-0.4, -0.2) is 27.2 Å². The molecule has 0 fully saturated rings. The molecule has 0 aromatic heterocycles. The topological polar surface area (TPSA) is 86.5 Å². The molecule has 0 saturated heterocycles. The van der Waals surface area contributed by atoms with Gasteiger partial charge in [0.25, 0.3) is 0 Å². The molecule has 1 aromatic carbocycles. The Kier molecular flexibility index (Phi) is 4.06. The number of nitrogens with two attached hydrogens (primary N) is 1. The van der Waals surface area contributed by atoms with Gasteiger partial charge >= 0.3 is 5.97 Å². The van der Waals surface area contributed by atoms with Crippen LogP contribution in [0.25, 0.3) is 0 Å². The molecule has 0 aliphatic carbocycles. The molecule has 1 aromatic rings. The zero-order valence-corrected chi connectivity index (χ0v) is 9.96. The number of halogens is 1. The molecule has 5 nitrogen and oxygen atoms in total. The number of hydrogen-bond acceptors (Lipinski definition) is 5. The third-order valence-electron chi connectivity index (χ3n) is 2.02. The Morgan fingerprint density at radius 2 is 2.12 bits per heavy atom. The molecular weight excluding hydrogens is 249 g/mol. The molecule has 0 radical (unpaired) electrons. The highest BCUT2D eigenvalue weighted by molar-refractivity contribution is 7.91. The van der Waals surface area contributed by atoms with Crippen molar-refractivity contribution < 1.29 is 22.3 Å². The third kappa shape index (κ3) is 4.03. The van der Waals surface area contributed by atoms with Crippen molar-refractivity contribution in [2.24, 2.45) is 0 Å². The molecule has 7 heteroatoms. The second kappa shape index (κ2) is 5.13. The van der Waals surface area contributed by atoms with Gasteiger partial charge < -0.3 is 10.5 Å². The van der Waals surface area contributed by atoms with Crippen LogP contribution in [0.15, 0.2) is 18.2 Å². The van der Waals surface area contributed by atoms with E-state index in [2.05, 4.69) is 4.74 Å². The monoisotopic (exact) mass is 261 g/mol. The average molecular weight is 261 g/mol. The van der Waals surface area contributed by atoms with Crippen LogP contribution in [0.3, 0.4) is 0 Å². The lowest BCUT2D eigenvalue weighted by Gasteiger charge is -2.05. The molecular formula is C10H12FNO4S. The molecule has 0 saturated carbocycles. The zero-order valence-electron chi connectivity index (χ0n) is 9.14. The fourth-order valence-electron chi connectivity index (χ4n) is 1.21.